The summed E-state index contributed by atoms with van der Waals surface area (Å²) in [6.07, 6.45) is 2.14. The van der Waals surface area contributed by atoms with Crippen LogP contribution in [-0.2, 0) is 11.2 Å². The molecule has 0 fully saturated rings. The lowest BCUT2D eigenvalue weighted by Gasteiger charge is -2.13. The standard InChI is InChI=1S/C25H23Cl2N3O4/c1-14-6-3-4-7-18(14)28-25(32)24-15(2)23-19(8-5-9-21(23)34-24)29-30-22(31)13-33-20-11-10-16(26)12-17(20)27/h3-4,6-7,10-12H,5,8-9,13H2,1-2H3,(H,28,32)(H,30,31)/b29-19+. The second-order valence-corrected chi connectivity index (χ2v) is 8.78. The minimum atomic E-state index is -0.440. The van der Waals surface area contributed by atoms with Crippen LogP contribution in [0.15, 0.2) is 52.0 Å². The normalized spacial score (nSPS) is 13.9. The van der Waals surface area contributed by atoms with Crippen LogP contribution in [0, 0.1) is 13.8 Å². The van der Waals surface area contributed by atoms with Crippen molar-refractivity contribution in [3.63, 3.8) is 0 Å². The fourth-order valence-corrected chi connectivity index (χ4v) is 4.25. The molecule has 7 nitrogen and oxygen atoms in total. The maximum Gasteiger partial charge on any atom is 0.291 e. The summed E-state index contributed by atoms with van der Waals surface area (Å²) in [6.45, 7) is 3.48. The predicted molar refractivity (Wildman–Crippen MR) is 132 cm³/mol. The minimum absolute atomic E-state index is 0.245. The highest BCUT2D eigenvalue weighted by atomic mass is 35.5. The smallest absolute Gasteiger partial charge is 0.291 e. The first-order chi connectivity index (χ1) is 16.3. The van der Waals surface area contributed by atoms with Crippen molar-refractivity contribution in [1.82, 2.24) is 5.43 Å². The monoisotopic (exact) mass is 499 g/mol. The van der Waals surface area contributed by atoms with Gasteiger partial charge in [-0.15, -0.1) is 0 Å². The topological polar surface area (TPSA) is 92.9 Å². The number of hydrazone groups is 1. The second-order valence-electron chi connectivity index (χ2n) is 7.93. The van der Waals surface area contributed by atoms with Gasteiger partial charge in [0.25, 0.3) is 11.8 Å². The number of nitrogens with one attached hydrogen (secondary N) is 2. The van der Waals surface area contributed by atoms with E-state index in [1.54, 1.807) is 12.1 Å². The van der Waals surface area contributed by atoms with Gasteiger partial charge in [0.05, 0.1) is 10.7 Å². The molecule has 2 amide bonds. The predicted octanol–water partition coefficient (Wildman–Crippen LogP) is 5.69. The van der Waals surface area contributed by atoms with Crippen molar-refractivity contribution >= 4 is 46.4 Å². The number of ether oxygens (including phenoxy) is 1. The van der Waals surface area contributed by atoms with Crippen LogP contribution in [-0.4, -0.2) is 24.1 Å². The van der Waals surface area contributed by atoms with Crippen LogP contribution >= 0.6 is 23.2 Å². The van der Waals surface area contributed by atoms with Crippen molar-refractivity contribution in [1.29, 1.82) is 0 Å². The molecule has 0 saturated carbocycles. The highest BCUT2D eigenvalue weighted by molar-refractivity contribution is 6.35. The summed E-state index contributed by atoms with van der Waals surface area (Å²) in [7, 11) is 0. The number of aryl methyl sites for hydroxylation is 2. The van der Waals surface area contributed by atoms with Gasteiger partial charge in [0.2, 0.25) is 0 Å². The number of amides is 2. The quantitative estimate of drug-likeness (QED) is 0.426. The van der Waals surface area contributed by atoms with Crippen molar-refractivity contribution in [3.8, 4) is 5.75 Å². The molecule has 1 aliphatic carbocycles. The van der Waals surface area contributed by atoms with Gasteiger partial charge in [-0.25, -0.2) is 5.43 Å². The number of anilines is 1. The van der Waals surface area contributed by atoms with Crippen molar-refractivity contribution in [2.24, 2.45) is 5.10 Å². The summed E-state index contributed by atoms with van der Waals surface area (Å²) in [5.74, 6) is 0.525. The third kappa shape index (κ3) is 5.26. The molecule has 176 valence electrons. The van der Waals surface area contributed by atoms with E-state index in [0.29, 0.717) is 45.7 Å². The Morgan fingerprint density at radius 2 is 1.91 bits per heavy atom. The molecule has 3 aromatic rings. The summed E-state index contributed by atoms with van der Waals surface area (Å²) in [5, 5.41) is 7.99. The maximum atomic E-state index is 12.9. The van der Waals surface area contributed by atoms with Crippen LogP contribution in [0.5, 0.6) is 5.75 Å². The Kier molecular flexibility index (Phi) is 7.24. The van der Waals surface area contributed by atoms with Crippen LogP contribution in [0.2, 0.25) is 10.0 Å². The number of hydrogen-bond acceptors (Lipinski definition) is 5. The average molecular weight is 500 g/mol. The maximum absolute atomic E-state index is 12.9. The number of benzene rings is 2. The number of furan rings is 1. The molecule has 4 rings (SSSR count). The van der Waals surface area contributed by atoms with Gasteiger partial charge in [0, 0.05) is 28.3 Å². The van der Waals surface area contributed by atoms with Crippen LogP contribution in [0.1, 0.15) is 45.8 Å². The van der Waals surface area contributed by atoms with Crippen LogP contribution in [0.4, 0.5) is 5.69 Å². The van der Waals surface area contributed by atoms with Gasteiger partial charge in [0.15, 0.2) is 12.4 Å². The van der Waals surface area contributed by atoms with Crippen LogP contribution in [0.25, 0.3) is 0 Å². The van der Waals surface area contributed by atoms with E-state index in [1.807, 2.05) is 38.1 Å². The van der Waals surface area contributed by atoms with Gasteiger partial charge in [-0.2, -0.15) is 5.10 Å². The summed E-state index contributed by atoms with van der Waals surface area (Å²) < 4.78 is 11.4. The highest BCUT2D eigenvalue weighted by Gasteiger charge is 2.28. The molecule has 0 spiro atoms. The van der Waals surface area contributed by atoms with E-state index < -0.39 is 5.91 Å². The average Bonchev–Trinajstić information content (AvgIpc) is 3.16. The number of nitrogens with zero attached hydrogens (tertiary/aromatic N) is 1. The van der Waals surface area contributed by atoms with Crippen molar-refractivity contribution in [2.75, 3.05) is 11.9 Å². The molecular weight excluding hydrogens is 477 g/mol. The molecule has 9 heteroatoms. The summed E-state index contributed by atoms with van der Waals surface area (Å²) in [4.78, 5) is 25.2. The van der Waals surface area contributed by atoms with Gasteiger partial charge in [-0.3, -0.25) is 9.59 Å². The number of fused-ring (bicyclic) bond motifs is 1. The molecule has 1 aromatic heterocycles. The van der Waals surface area contributed by atoms with E-state index in [0.717, 1.165) is 23.2 Å². The molecular formula is C25H23Cl2N3O4. The molecule has 0 bridgehead atoms. The zero-order valence-electron chi connectivity index (χ0n) is 18.7. The summed E-state index contributed by atoms with van der Waals surface area (Å²) >= 11 is 11.9. The fraction of sp³-hybridized carbons (Fsp3) is 0.240. The van der Waals surface area contributed by atoms with E-state index >= 15 is 0 Å². The molecule has 2 N–H and O–H groups in total. The lowest BCUT2D eigenvalue weighted by molar-refractivity contribution is -0.123. The SMILES string of the molecule is Cc1ccccc1NC(=O)c1oc2c(c1C)/C(=N/NC(=O)COc1ccc(Cl)cc1Cl)CCC2. The van der Waals surface area contributed by atoms with Gasteiger partial charge >= 0.3 is 0 Å². The lowest BCUT2D eigenvalue weighted by Crippen LogP contribution is -2.27. The van der Waals surface area contributed by atoms with E-state index in [-0.39, 0.29) is 18.3 Å². The minimum Gasteiger partial charge on any atom is -0.482 e. The Bertz CT molecular complexity index is 1280. The van der Waals surface area contributed by atoms with E-state index in [2.05, 4.69) is 15.8 Å². The van der Waals surface area contributed by atoms with Crippen molar-refractivity contribution in [3.05, 3.63) is 80.7 Å². The third-order valence-corrected chi connectivity index (χ3v) is 6.02. The number of hydrogen-bond donors (Lipinski definition) is 2. The zero-order chi connectivity index (χ0) is 24.2. The second kappa shape index (κ2) is 10.3. The number of rotatable bonds is 6. The number of carbonyl (C=O) groups excluding carboxylic acids is 2. The van der Waals surface area contributed by atoms with Gasteiger partial charge in [-0.1, -0.05) is 41.4 Å². The van der Waals surface area contributed by atoms with Gasteiger partial charge in [0.1, 0.15) is 11.5 Å². The fourth-order valence-electron chi connectivity index (χ4n) is 3.79. The zero-order valence-corrected chi connectivity index (χ0v) is 20.2. The van der Waals surface area contributed by atoms with Crippen molar-refractivity contribution < 1.29 is 18.7 Å². The first-order valence-electron chi connectivity index (χ1n) is 10.8. The largest absolute Gasteiger partial charge is 0.482 e. The third-order valence-electron chi connectivity index (χ3n) is 5.49. The molecule has 0 atom stereocenters. The summed E-state index contributed by atoms with van der Waals surface area (Å²) in [6, 6.07) is 12.3. The summed E-state index contributed by atoms with van der Waals surface area (Å²) in [5.41, 5.74) is 6.32. The molecule has 1 heterocycles. The highest BCUT2D eigenvalue weighted by Crippen LogP contribution is 2.31. The Hall–Kier alpha value is -3.29. The first kappa shape index (κ1) is 23.9. The van der Waals surface area contributed by atoms with E-state index in [1.165, 1.54) is 6.07 Å². The van der Waals surface area contributed by atoms with Crippen LogP contribution in [0.3, 0.4) is 0 Å². The van der Waals surface area contributed by atoms with E-state index in [9.17, 15) is 9.59 Å². The van der Waals surface area contributed by atoms with E-state index in [4.69, 9.17) is 32.4 Å². The molecule has 0 unspecified atom stereocenters. The number of halogens is 2. The molecule has 0 saturated heterocycles. The Labute approximate surface area is 207 Å². The molecule has 0 aliphatic heterocycles. The molecule has 1 aliphatic rings. The molecule has 2 aromatic carbocycles. The Morgan fingerprint density at radius 1 is 1.12 bits per heavy atom. The molecule has 0 radical (unpaired) electrons. The number of para-hydroxylation sites is 1. The Morgan fingerprint density at radius 3 is 2.68 bits per heavy atom. The molecule has 34 heavy (non-hydrogen) atoms. The van der Waals surface area contributed by atoms with Crippen molar-refractivity contribution in [2.45, 2.75) is 33.1 Å². The van der Waals surface area contributed by atoms with Gasteiger partial charge in [-0.05, 0) is 56.5 Å². The Balaban J connectivity index is 1.46. The van der Waals surface area contributed by atoms with Gasteiger partial charge < -0.3 is 14.5 Å². The number of carbonyl (C=O) groups is 2. The van der Waals surface area contributed by atoms with Crippen LogP contribution < -0.4 is 15.5 Å². The lowest BCUT2D eigenvalue weighted by atomic mass is 9.93. The first-order valence-corrected chi connectivity index (χ1v) is 11.5.